The largest absolute Gasteiger partial charge is 0.457 e. The monoisotopic (exact) mass is 632 g/mol. The summed E-state index contributed by atoms with van der Waals surface area (Å²) < 4.78 is 62.0. The lowest BCUT2D eigenvalue weighted by Gasteiger charge is -2.29. The number of sulfonamides is 2. The summed E-state index contributed by atoms with van der Waals surface area (Å²) in [4.78, 5) is 4.76. The van der Waals surface area contributed by atoms with Gasteiger partial charge in [-0.15, -0.1) is 0 Å². The molecule has 11 nitrogen and oxygen atoms in total. The van der Waals surface area contributed by atoms with Gasteiger partial charge in [0.05, 0.1) is 0 Å². The van der Waals surface area contributed by atoms with Gasteiger partial charge in [0.1, 0.15) is 11.5 Å². The van der Waals surface area contributed by atoms with Crippen LogP contribution in [0.3, 0.4) is 0 Å². The van der Waals surface area contributed by atoms with E-state index in [0.717, 1.165) is 25.7 Å². The van der Waals surface area contributed by atoms with Crippen LogP contribution in [-0.2, 0) is 24.1 Å². The smallest absolute Gasteiger partial charge is 0.260 e. The highest BCUT2D eigenvalue weighted by Crippen LogP contribution is 2.44. The number of nitrogens with zero attached hydrogens (tertiary/aromatic N) is 6. The van der Waals surface area contributed by atoms with E-state index in [1.165, 1.54) is 82.1 Å². The summed E-state index contributed by atoms with van der Waals surface area (Å²) in [6.45, 7) is 2.23. The molecule has 0 aliphatic heterocycles. The first-order chi connectivity index (χ1) is 20.7. The van der Waals surface area contributed by atoms with E-state index in [9.17, 15) is 16.8 Å². The van der Waals surface area contributed by atoms with Crippen molar-refractivity contribution in [1.82, 2.24) is 0 Å². The molecule has 236 valence electrons. The zero-order chi connectivity index (χ0) is 31.4. The summed E-state index contributed by atoms with van der Waals surface area (Å²) in [7, 11) is -10.1. The zero-order valence-corrected chi connectivity index (χ0v) is 26.7. The molecule has 2 rings (SSSR count). The van der Waals surface area contributed by atoms with Crippen molar-refractivity contribution in [1.29, 1.82) is 0 Å². The SMILES string of the molecule is CCCCCCCCCCCCCCCCCC(c1ccc(Oc2ccccc2)cc1)(S(=O)(=O)N=[N+]=[N-])S(=O)(=O)N=[N+]=[N-]. The normalized spacial score (nSPS) is 13.0. The molecular weight excluding hydrogens is 589 g/mol. The minimum atomic E-state index is -5.04. The third-order valence-corrected chi connectivity index (χ3v) is 11.9. The summed E-state index contributed by atoms with van der Waals surface area (Å²) in [5, 5.41) is 0. The van der Waals surface area contributed by atoms with Crippen molar-refractivity contribution in [3.63, 3.8) is 0 Å². The first-order valence-corrected chi connectivity index (χ1v) is 18.1. The van der Waals surface area contributed by atoms with Crippen LogP contribution in [0.4, 0.5) is 0 Å². The molecule has 43 heavy (non-hydrogen) atoms. The molecule has 0 saturated heterocycles. The second-order valence-electron chi connectivity index (χ2n) is 10.7. The van der Waals surface area contributed by atoms with Gasteiger partial charge in [-0.1, -0.05) is 134 Å². The van der Waals surface area contributed by atoms with E-state index in [2.05, 4.69) is 25.8 Å². The number of hydrogen-bond donors (Lipinski definition) is 0. The first kappa shape index (κ1) is 36.0. The molecule has 0 aromatic heterocycles. The Morgan fingerprint density at radius 1 is 0.605 bits per heavy atom. The van der Waals surface area contributed by atoms with Crippen molar-refractivity contribution in [2.75, 3.05) is 0 Å². The van der Waals surface area contributed by atoms with Crippen molar-refractivity contribution in [2.24, 2.45) is 9.04 Å². The Hall–Kier alpha value is -3.24. The second kappa shape index (κ2) is 19.1. The van der Waals surface area contributed by atoms with Crippen LogP contribution in [0.15, 0.2) is 63.6 Å². The molecule has 0 spiro atoms. The number of azide groups is 2. The van der Waals surface area contributed by atoms with Crippen molar-refractivity contribution >= 4 is 20.0 Å². The lowest BCUT2D eigenvalue weighted by molar-refractivity contribution is 0.480. The molecule has 0 bridgehead atoms. The van der Waals surface area contributed by atoms with E-state index in [0.29, 0.717) is 17.9 Å². The summed E-state index contributed by atoms with van der Waals surface area (Å²) in [5.74, 6) is 0.862. The Morgan fingerprint density at radius 3 is 1.42 bits per heavy atom. The predicted molar refractivity (Wildman–Crippen MR) is 170 cm³/mol. The molecule has 0 amide bonds. The number of unbranched alkanes of at least 4 members (excludes halogenated alkanes) is 14. The second-order valence-corrected chi connectivity index (χ2v) is 14.6. The van der Waals surface area contributed by atoms with Crippen molar-refractivity contribution in [3.8, 4) is 11.5 Å². The van der Waals surface area contributed by atoms with Crippen LogP contribution in [0.5, 0.6) is 11.5 Å². The van der Waals surface area contributed by atoms with Crippen molar-refractivity contribution in [3.05, 3.63) is 81.0 Å². The van der Waals surface area contributed by atoms with E-state index in [-0.39, 0.29) is 12.0 Å². The highest BCUT2D eigenvalue weighted by Gasteiger charge is 2.55. The minimum absolute atomic E-state index is 0.195. The maximum atomic E-state index is 13.3. The van der Waals surface area contributed by atoms with Crippen LogP contribution in [-0.4, -0.2) is 16.8 Å². The average molecular weight is 633 g/mol. The Kier molecular flexibility index (Phi) is 16.0. The quantitative estimate of drug-likeness (QED) is 0.0511. The van der Waals surface area contributed by atoms with E-state index in [4.69, 9.17) is 15.8 Å². The number of rotatable bonds is 23. The molecule has 0 fully saturated rings. The average Bonchev–Trinajstić information content (AvgIpc) is 2.98. The topological polar surface area (TPSA) is 175 Å². The van der Waals surface area contributed by atoms with Gasteiger partial charge in [0.25, 0.3) is 20.0 Å². The molecule has 0 N–H and O–H groups in total. The lowest BCUT2D eigenvalue weighted by atomic mass is 10.0. The van der Waals surface area contributed by atoms with Gasteiger partial charge in [-0.25, -0.2) is 16.8 Å². The van der Waals surface area contributed by atoms with Gasteiger partial charge < -0.3 is 4.74 Å². The Labute approximate surface area is 256 Å². The van der Waals surface area contributed by atoms with Gasteiger partial charge in [-0.3, -0.25) is 0 Å². The van der Waals surface area contributed by atoms with Crippen LogP contribution >= 0.6 is 0 Å². The first-order valence-electron chi connectivity index (χ1n) is 15.2. The standard InChI is InChI=1S/C30H44N6O5S2/c1-2-3-4-5-6-7-8-9-10-11-12-13-14-15-19-26-30(42(37,38)35-33-31,43(39,40)36-34-32)27-22-24-29(25-23-27)41-28-20-17-16-18-21-28/h16-18,20-25H,2-15,19,26H2,1H3. The van der Waals surface area contributed by atoms with Gasteiger partial charge in [0.2, 0.25) is 4.08 Å². The molecule has 0 aliphatic rings. The van der Waals surface area contributed by atoms with Gasteiger partial charge >= 0.3 is 0 Å². The molecule has 0 atom stereocenters. The van der Waals surface area contributed by atoms with Crippen molar-refractivity contribution < 1.29 is 21.6 Å². The minimum Gasteiger partial charge on any atom is -0.457 e. The van der Waals surface area contributed by atoms with Crippen LogP contribution in [0.2, 0.25) is 0 Å². The fraction of sp³-hybridized carbons (Fsp3) is 0.600. The maximum absolute atomic E-state index is 13.3. The molecular formula is C30H44N6O5S2. The van der Waals surface area contributed by atoms with Crippen LogP contribution in [0.25, 0.3) is 20.9 Å². The third kappa shape index (κ3) is 11.1. The third-order valence-electron chi connectivity index (χ3n) is 7.50. The molecule has 0 aliphatic carbocycles. The number of benzene rings is 2. The molecule has 13 heteroatoms. The Morgan fingerprint density at radius 2 is 1.00 bits per heavy atom. The molecule has 0 heterocycles. The maximum Gasteiger partial charge on any atom is 0.260 e. The molecule has 0 radical (unpaired) electrons. The van der Waals surface area contributed by atoms with E-state index >= 15 is 0 Å². The van der Waals surface area contributed by atoms with Gasteiger partial charge in [0, 0.05) is 18.9 Å². The van der Waals surface area contributed by atoms with Crippen LogP contribution in [0.1, 0.15) is 115 Å². The Balaban J connectivity index is 2.04. The van der Waals surface area contributed by atoms with Gasteiger partial charge in [-0.05, 0) is 47.3 Å². The lowest BCUT2D eigenvalue weighted by Crippen LogP contribution is -2.41. The van der Waals surface area contributed by atoms with E-state index in [1.54, 1.807) is 24.3 Å². The molecule has 0 unspecified atom stereocenters. The number of hydrogen-bond acceptors (Lipinski definition) is 5. The van der Waals surface area contributed by atoms with E-state index in [1.807, 2.05) is 6.07 Å². The zero-order valence-electron chi connectivity index (χ0n) is 25.1. The van der Waals surface area contributed by atoms with Gasteiger partial charge in [0.15, 0.2) is 0 Å². The highest BCUT2D eigenvalue weighted by molar-refractivity contribution is 8.08. The molecule has 2 aromatic rings. The summed E-state index contributed by atoms with van der Waals surface area (Å²) in [6.07, 6.45) is 15.8. The van der Waals surface area contributed by atoms with Gasteiger partial charge in [-0.2, -0.15) is 0 Å². The number of para-hydroxylation sites is 1. The van der Waals surface area contributed by atoms with Crippen LogP contribution in [0, 0.1) is 0 Å². The van der Waals surface area contributed by atoms with E-state index < -0.39 is 30.5 Å². The predicted octanol–water partition coefficient (Wildman–Crippen LogP) is 10.2. The van der Waals surface area contributed by atoms with Crippen LogP contribution < -0.4 is 4.74 Å². The van der Waals surface area contributed by atoms with Crippen molar-refractivity contribution in [2.45, 2.75) is 114 Å². The highest BCUT2D eigenvalue weighted by atomic mass is 32.3. The summed E-state index contributed by atoms with van der Waals surface area (Å²) in [5.41, 5.74) is 17.8. The molecule has 2 aromatic carbocycles. The number of ether oxygens (including phenoxy) is 1. The summed E-state index contributed by atoms with van der Waals surface area (Å²) in [6, 6.07) is 14.2. The summed E-state index contributed by atoms with van der Waals surface area (Å²) >= 11 is 0. The fourth-order valence-electron chi connectivity index (χ4n) is 5.19. The Bertz CT molecular complexity index is 1360. The fourth-order valence-corrected chi connectivity index (χ4v) is 8.59. The molecule has 0 saturated carbocycles.